The second-order valence-electron chi connectivity index (χ2n) is 8.85. The molecular weight excluding hydrogens is 352 g/mol. The molecule has 0 aliphatic carbocycles. The van der Waals surface area contributed by atoms with Gasteiger partial charge < -0.3 is 10.2 Å². The van der Waals surface area contributed by atoms with Gasteiger partial charge in [0.05, 0.1) is 0 Å². The molecule has 27 heavy (non-hydrogen) atoms. The zero-order valence-corrected chi connectivity index (χ0v) is 18.8. The summed E-state index contributed by atoms with van der Waals surface area (Å²) in [6.45, 7) is 17.0. The van der Waals surface area contributed by atoms with Crippen molar-refractivity contribution in [1.29, 1.82) is 0 Å². The molecule has 2 nitrogen and oxygen atoms in total. The first kappa shape index (κ1) is 21.7. The van der Waals surface area contributed by atoms with Crippen LogP contribution in [0.1, 0.15) is 76.6 Å². The van der Waals surface area contributed by atoms with Crippen LogP contribution < -0.4 is 0 Å². The van der Waals surface area contributed by atoms with Crippen LogP contribution in [0.3, 0.4) is 0 Å². The van der Waals surface area contributed by atoms with Gasteiger partial charge in [0.1, 0.15) is 11.5 Å². The van der Waals surface area contributed by atoms with Gasteiger partial charge in [-0.1, -0.05) is 53.3 Å². The number of phenols is 2. The summed E-state index contributed by atoms with van der Waals surface area (Å²) in [4.78, 5) is 2.30. The third kappa shape index (κ3) is 4.45. The fourth-order valence-corrected chi connectivity index (χ4v) is 4.18. The van der Waals surface area contributed by atoms with Crippen LogP contribution in [0, 0.1) is 13.8 Å². The van der Waals surface area contributed by atoms with E-state index in [1.54, 1.807) is 11.8 Å². The lowest BCUT2D eigenvalue weighted by Crippen LogP contribution is -2.16. The minimum atomic E-state index is -0.0769. The van der Waals surface area contributed by atoms with E-state index in [1.807, 2.05) is 26.0 Å². The quantitative estimate of drug-likeness (QED) is 0.549. The summed E-state index contributed by atoms with van der Waals surface area (Å²) in [5.74, 6) is 0.748. The highest BCUT2D eigenvalue weighted by molar-refractivity contribution is 7.99. The fraction of sp³-hybridized carbons (Fsp3) is 0.500. The molecule has 2 aromatic rings. The molecule has 0 saturated heterocycles. The first-order valence-corrected chi connectivity index (χ1v) is 10.6. The largest absolute Gasteiger partial charge is 0.508 e. The second kappa shape index (κ2) is 7.79. The average Bonchev–Trinajstić information content (AvgIpc) is 2.58. The van der Waals surface area contributed by atoms with Crippen LogP contribution in [-0.2, 0) is 10.8 Å². The maximum absolute atomic E-state index is 10.5. The molecule has 2 rings (SSSR count). The molecule has 2 N–H and O–H groups in total. The lowest BCUT2D eigenvalue weighted by atomic mass is 9.81. The van der Waals surface area contributed by atoms with Crippen molar-refractivity contribution in [2.75, 3.05) is 0 Å². The second-order valence-corrected chi connectivity index (χ2v) is 9.93. The first-order valence-electron chi connectivity index (χ1n) is 9.79. The topological polar surface area (TPSA) is 40.5 Å². The Balaban J connectivity index is 2.54. The standard InChI is InChI=1S/C24H34O2S/c1-9-23(5,6)17-13-21(15(3)11-19(17)25)27-22-14-18(24(7,8)10-2)20(26)12-16(22)4/h11-14,25-26H,9-10H2,1-8H3. The number of phenolic OH excluding ortho intramolecular Hbond substituents is 2. The number of rotatable bonds is 6. The minimum absolute atomic E-state index is 0.0769. The van der Waals surface area contributed by atoms with E-state index in [0.717, 1.165) is 44.9 Å². The smallest absolute Gasteiger partial charge is 0.119 e. The van der Waals surface area contributed by atoms with Crippen LogP contribution in [0.15, 0.2) is 34.1 Å². The van der Waals surface area contributed by atoms with Crippen molar-refractivity contribution in [3.05, 3.63) is 46.5 Å². The normalized spacial score (nSPS) is 12.4. The predicted octanol–water partition coefficient (Wildman–Crippen LogP) is 7.24. The van der Waals surface area contributed by atoms with E-state index >= 15 is 0 Å². The van der Waals surface area contributed by atoms with E-state index in [1.165, 1.54) is 0 Å². The molecule has 3 heteroatoms. The summed E-state index contributed by atoms with van der Waals surface area (Å²) >= 11 is 1.72. The van der Waals surface area contributed by atoms with Crippen LogP contribution >= 0.6 is 11.8 Å². The predicted molar refractivity (Wildman–Crippen MR) is 116 cm³/mol. The Kier molecular flexibility index (Phi) is 6.26. The van der Waals surface area contributed by atoms with E-state index < -0.39 is 0 Å². The average molecular weight is 387 g/mol. The van der Waals surface area contributed by atoms with Crippen molar-refractivity contribution in [2.45, 2.75) is 88.9 Å². The van der Waals surface area contributed by atoms with Crippen LogP contribution in [-0.4, -0.2) is 10.2 Å². The van der Waals surface area contributed by atoms with Crippen LogP contribution in [0.5, 0.6) is 11.5 Å². The van der Waals surface area contributed by atoms with Crippen molar-refractivity contribution in [3.8, 4) is 11.5 Å². The highest BCUT2D eigenvalue weighted by atomic mass is 32.2. The molecule has 0 fully saturated rings. The maximum Gasteiger partial charge on any atom is 0.119 e. The summed E-state index contributed by atoms with van der Waals surface area (Å²) in [6.07, 6.45) is 1.92. The van der Waals surface area contributed by atoms with Crippen molar-refractivity contribution in [2.24, 2.45) is 0 Å². The van der Waals surface area contributed by atoms with Gasteiger partial charge in [-0.05, 0) is 72.9 Å². The SMILES string of the molecule is CCC(C)(C)c1cc(Sc2cc(C(C)(C)CC)c(O)cc2C)c(C)cc1O. The fourth-order valence-electron chi connectivity index (χ4n) is 3.15. The summed E-state index contributed by atoms with van der Waals surface area (Å²) < 4.78 is 0. The van der Waals surface area contributed by atoms with Gasteiger partial charge >= 0.3 is 0 Å². The number of hydrogen-bond acceptors (Lipinski definition) is 3. The van der Waals surface area contributed by atoms with Gasteiger partial charge in [-0.25, -0.2) is 0 Å². The molecule has 148 valence electrons. The lowest BCUT2D eigenvalue weighted by Gasteiger charge is -2.27. The van der Waals surface area contributed by atoms with E-state index in [-0.39, 0.29) is 10.8 Å². The third-order valence-electron chi connectivity index (χ3n) is 6.03. The Morgan fingerprint density at radius 2 is 1.04 bits per heavy atom. The Morgan fingerprint density at radius 3 is 1.33 bits per heavy atom. The maximum atomic E-state index is 10.5. The van der Waals surface area contributed by atoms with E-state index in [2.05, 4.69) is 53.7 Å². The van der Waals surface area contributed by atoms with Gasteiger partial charge in [0.15, 0.2) is 0 Å². The summed E-state index contributed by atoms with van der Waals surface area (Å²) in [6, 6.07) is 8.02. The molecule has 0 radical (unpaired) electrons. The van der Waals surface area contributed by atoms with Crippen LogP contribution in [0.25, 0.3) is 0 Å². The Labute approximate surface area is 169 Å². The van der Waals surface area contributed by atoms with E-state index in [9.17, 15) is 10.2 Å². The van der Waals surface area contributed by atoms with E-state index in [4.69, 9.17) is 0 Å². The number of benzene rings is 2. The van der Waals surface area contributed by atoms with Gasteiger partial charge in [0.25, 0.3) is 0 Å². The first-order chi connectivity index (χ1) is 12.4. The molecule has 0 atom stereocenters. The lowest BCUT2D eigenvalue weighted by molar-refractivity contribution is 0.427. The molecule has 0 aliphatic rings. The van der Waals surface area contributed by atoms with Crippen molar-refractivity contribution in [3.63, 3.8) is 0 Å². The van der Waals surface area contributed by atoms with Gasteiger partial charge in [0.2, 0.25) is 0 Å². The molecule has 0 amide bonds. The summed E-state index contributed by atoms with van der Waals surface area (Å²) in [5.41, 5.74) is 3.96. The molecule has 2 aromatic carbocycles. The third-order valence-corrected chi connectivity index (χ3v) is 7.35. The highest BCUT2D eigenvalue weighted by Crippen LogP contribution is 2.43. The van der Waals surface area contributed by atoms with Gasteiger partial charge in [-0.2, -0.15) is 0 Å². The van der Waals surface area contributed by atoms with E-state index in [0.29, 0.717) is 11.5 Å². The van der Waals surface area contributed by atoms with Crippen molar-refractivity contribution < 1.29 is 10.2 Å². The minimum Gasteiger partial charge on any atom is -0.508 e. The molecule has 0 bridgehead atoms. The molecule has 0 aliphatic heterocycles. The number of hydrogen-bond donors (Lipinski definition) is 2. The van der Waals surface area contributed by atoms with Gasteiger partial charge in [-0.15, -0.1) is 0 Å². The van der Waals surface area contributed by atoms with Crippen molar-refractivity contribution >= 4 is 11.8 Å². The molecule has 0 saturated carbocycles. The van der Waals surface area contributed by atoms with Crippen molar-refractivity contribution in [1.82, 2.24) is 0 Å². The zero-order chi connectivity index (χ0) is 20.6. The molecule has 0 unspecified atom stereocenters. The van der Waals surface area contributed by atoms with Gasteiger partial charge in [-0.3, -0.25) is 0 Å². The molecule has 0 heterocycles. The number of aryl methyl sites for hydroxylation is 2. The Morgan fingerprint density at radius 1 is 0.704 bits per heavy atom. The zero-order valence-electron chi connectivity index (χ0n) is 18.0. The Hall–Kier alpha value is -1.61. The van der Waals surface area contributed by atoms with Gasteiger partial charge in [0, 0.05) is 20.9 Å². The Bertz CT molecular complexity index is 765. The summed E-state index contributed by atoms with van der Waals surface area (Å²) in [5, 5.41) is 21.0. The van der Waals surface area contributed by atoms with Crippen LogP contribution in [0.4, 0.5) is 0 Å². The summed E-state index contributed by atoms with van der Waals surface area (Å²) in [7, 11) is 0. The molecule has 0 aromatic heterocycles. The molecular formula is C24H34O2S. The highest BCUT2D eigenvalue weighted by Gasteiger charge is 2.25. The molecule has 0 spiro atoms. The number of aromatic hydroxyl groups is 2. The van der Waals surface area contributed by atoms with Crippen LogP contribution in [0.2, 0.25) is 0 Å². The monoisotopic (exact) mass is 386 g/mol.